The molecule has 0 radical (unpaired) electrons. The molecule has 0 spiro atoms. The second kappa shape index (κ2) is 14.4. The van der Waals surface area contributed by atoms with Crippen LogP contribution in [0.2, 0.25) is 0 Å². The highest BCUT2D eigenvalue weighted by atomic mass is 16.7. The van der Waals surface area contributed by atoms with Gasteiger partial charge in [-0.3, -0.25) is 4.79 Å². The fourth-order valence-electron chi connectivity index (χ4n) is 2.26. The Morgan fingerprint density at radius 1 is 0.750 bits per heavy atom. The lowest BCUT2D eigenvalue weighted by Crippen LogP contribution is -2.09. The molecular formula is C16H30O4. The maximum absolute atomic E-state index is 10.9. The number of carbonyl (C=O) groups excluding carboxylic acids is 1. The molecule has 0 aromatic carbocycles. The SMILES string of the molecule is CCCCCCCCCCCCCCC(=O)OC(=O)O. The number of carbonyl (C=O) groups is 2. The van der Waals surface area contributed by atoms with Crippen molar-refractivity contribution in [2.75, 3.05) is 0 Å². The lowest BCUT2D eigenvalue weighted by atomic mass is 10.0. The predicted molar refractivity (Wildman–Crippen MR) is 79.8 cm³/mol. The molecular weight excluding hydrogens is 256 g/mol. The molecule has 4 nitrogen and oxygen atoms in total. The molecule has 20 heavy (non-hydrogen) atoms. The lowest BCUT2D eigenvalue weighted by molar-refractivity contribution is -0.139. The first-order chi connectivity index (χ1) is 9.66. The maximum Gasteiger partial charge on any atom is 0.513 e. The summed E-state index contributed by atoms with van der Waals surface area (Å²) in [5.74, 6) is -0.635. The predicted octanol–water partition coefficient (Wildman–Crippen LogP) is 5.30. The normalized spacial score (nSPS) is 10.4. The zero-order valence-electron chi connectivity index (χ0n) is 12.9. The molecule has 0 bridgehead atoms. The van der Waals surface area contributed by atoms with Gasteiger partial charge in [0.25, 0.3) is 0 Å². The average molecular weight is 286 g/mol. The van der Waals surface area contributed by atoms with E-state index < -0.39 is 12.1 Å². The summed E-state index contributed by atoms with van der Waals surface area (Å²) in [4.78, 5) is 21.0. The monoisotopic (exact) mass is 286 g/mol. The highest BCUT2D eigenvalue weighted by Gasteiger charge is 2.06. The number of carboxylic acid groups (broad SMARTS) is 1. The zero-order chi connectivity index (χ0) is 15.1. The summed E-state index contributed by atoms with van der Waals surface area (Å²) in [5, 5.41) is 8.23. The Labute approximate surface area is 122 Å². The van der Waals surface area contributed by atoms with Crippen LogP contribution >= 0.6 is 0 Å². The van der Waals surface area contributed by atoms with Crippen LogP contribution in [0.25, 0.3) is 0 Å². The number of esters is 1. The van der Waals surface area contributed by atoms with Gasteiger partial charge in [-0.2, -0.15) is 0 Å². The molecule has 0 aliphatic carbocycles. The number of unbranched alkanes of at least 4 members (excludes halogenated alkanes) is 11. The molecule has 0 aliphatic heterocycles. The highest BCUT2D eigenvalue weighted by Crippen LogP contribution is 2.12. The molecule has 4 heteroatoms. The van der Waals surface area contributed by atoms with Crippen molar-refractivity contribution in [1.29, 1.82) is 0 Å². The summed E-state index contributed by atoms with van der Waals surface area (Å²) in [7, 11) is 0. The minimum atomic E-state index is -1.51. The highest BCUT2D eigenvalue weighted by molar-refractivity contribution is 5.80. The third kappa shape index (κ3) is 15.0. The van der Waals surface area contributed by atoms with E-state index in [1.54, 1.807) is 0 Å². The quantitative estimate of drug-likeness (QED) is 0.283. The van der Waals surface area contributed by atoms with E-state index in [9.17, 15) is 9.59 Å². The van der Waals surface area contributed by atoms with E-state index >= 15 is 0 Å². The first kappa shape index (κ1) is 18.9. The molecule has 0 atom stereocenters. The topological polar surface area (TPSA) is 63.6 Å². The Morgan fingerprint density at radius 2 is 1.15 bits per heavy atom. The molecule has 0 aromatic rings. The fraction of sp³-hybridized carbons (Fsp3) is 0.875. The standard InChI is InChI=1S/C16H30O4/c1-2-3-4-5-6-7-8-9-10-11-12-13-14-15(17)20-16(18)19/h2-14H2,1H3,(H,18,19). The van der Waals surface area contributed by atoms with Gasteiger partial charge in [-0.05, 0) is 6.42 Å². The first-order valence-electron chi connectivity index (χ1n) is 8.10. The number of hydrogen-bond donors (Lipinski definition) is 1. The maximum atomic E-state index is 10.9. The molecule has 0 saturated carbocycles. The molecule has 0 saturated heterocycles. The van der Waals surface area contributed by atoms with Gasteiger partial charge in [-0.15, -0.1) is 0 Å². The summed E-state index contributed by atoms with van der Waals surface area (Å²) >= 11 is 0. The largest absolute Gasteiger partial charge is 0.513 e. The van der Waals surface area contributed by atoms with Crippen LogP contribution in [0.15, 0.2) is 0 Å². The van der Waals surface area contributed by atoms with Gasteiger partial charge in [0.15, 0.2) is 0 Å². The van der Waals surface area contributed by atoms with Crippen molar-refractivity contribution in [3.63, 3.8) is 0 Å². The van der Waals surface area contributed by atoms with E-state index in [2.05, 4.69) is 11.7 Å². The van der Waals surface area contributed by atoms with Gasteiger partial charge >= 0.3 is 12.1 Å². The van der Waals surface area contributed by atoms with Crippen molar-refractivity contribution in [1.82, 2.24) is 0 Å². The second-order valence-electron chi connectivity index (χ2n) is 5.38. The van der Waals surface area contributed by atoms with Crippen LogP contribution in [0.5, 0.6) is 0 Å². The van der Waals surface area contributed by atoms with Crippen molar-refractivity contribution < 1.29 is 19.4 Å². The number of rotatable bonds is 13. The fourth-order valence-corrected chi connectivity index (χ4v) is 2.26. The van der Waals surface area contributed by atoms with Crippen LogP contribution in [0.3, 0.4) is 0 Å². The summed E-state index contributed by atoms with van der Waals surface area (Å²) in [6, 6.07) is 0. The van der Waals surface area contributed by atoms with Crippen molar-refractivity contribution in [3.05, 3.63) is 0 Å². The van der Waals surface area contributed by atoms with Gasteiger partial charge in [0.1, 0.15) is 0 Å². The molecule has 0 aliphatic rings. The minimum absolute atomic E-state index is 0.212. The molecule has 0 rings (SSSR count). The van der Waals surface area contributed by atoms with Gasteiger partial charge in [0.05, 0.1) is 0 Å². The summed E-state index contributed by atoms with van der Waals surface area (Å²) in [6.45, 7) is 2.24. The summed E-state index contributed by atoms with van der Waals surface area (Å²) in [6.07, 6.45) is 13.5. The first-order valence-corrected chi connectivity index (χ1v) is 8.10. The lowest BCUT2D eigenvalue weighted by Gasteiger charge is -2.02. The number of hydrogen-bond acceptors (Lipinski definition) is 3. The van der Waals surface area contributed by atoms with E-state index in [0.29, 0.717) is 0 Å². The minimum Gasteiger partial charge on any atom is -0.449 e. The summed E-state index contributed by atoms with van der Waals surface area (Å²) in [5.41, 5.74) is 0. The molecule has 0 fully saturated rings. The van der Waals surface area contributed by atoms with Crippen molar-refractivity contribution in [2.45, 2.75) is 90.4 Å². The van der Waals surface area contributed by atoms with E-state index in [-0.39, 0.29) is 6.42 Å². The van der Waals surface area contributed by atoms with E-state index in [1.807, 2.05) is 0 Å². The second-order valence-corrected chi connectivity index (χ2v) is 5.38. The molecule has 118 valence electrons. The van der Waals surface area contributed by atoms with E-state index in [4.69, 9.17) is 5.11 Å². The van der Waals surface area contributed by atoms with Crippen LogP contribution in [0.4, 0.5) is 4.79 Å². The van der Waals surface area contributed by atoms with Gasteiger partial charge in [-0.25, -0.2) is 4.79 Å². The molecule has 0 aromatic heterocycles. The third-order valence-corrected chi connectivity index (χ3v) is 3.44. The Bertz CT molecular complexity index is 251. The van der Waals surface area contributed by atoms with E-state index in [0.717, 1.165) is 19.3 Å². The van der Waals surface area contributed by atoms with Gasteiger partial charge < -0.3 is 9.84 Å². The van der Waals surface area contributed by atoms with Gasteiger partial charge in [0, 0.05) is 6.42 Å². The molecule has 0 unspecified atom stereocenters. The molecule has 0 heterocycles. The van der Waals surface area contributed by atoms with Crippen LogP contribution in [0.1, 0.15) is 90.4 Å². The Kier molecular flexibility index (Phi) is 13.6. The molecule has 1 N–H and O–H groups in total. The Hall–Kier alpha value is -1.06. The van der Waals surface area contributed by atoms with Crippen molar-refractivity contribution >= 4 is 12.1 Å². The van der Waals surface area contributed by atoms with Crippen LogP contribution in [-0.4, -0.2) is 17.2 Å². The van der Waals surface area contributed by atoms with Crippen LogP contribution in [0, 0.1) is 0 Å². The zero-order valence-corrected chi connectivity index (χ0v) is 12.9. The average Bonchev–Trinajstić information content (AvgIpc) is 2.39. The van der Waals surface area contributed by atoms with Crippen molar-refractivity contribution in [3.8, 4) is 0 Å². The number of ether oxygens (including phenoxy) is 1. The van der Waals surface area contributed by atoms with Gasteiger partial charge in [-0.1, -0.05) is 77.6 Å². The van der Waals surface area contributed by atoms with Crippen LogP contribution in [-0.2, 0) is 9.53 Å². The Morgan fingerprint density at radius 3 is 1.55 bits per heavy atom. The smallest absolute Gasteiger partial charge is 0.449 e. The van der Waals surface area contributed by atoms with E-state index in [1.165, 1.54) is 57.8 Å². The van der Waals surface area contributed by atoms with Crippen molar-refractivity contribution in [2.24, 2.45) is 0 Å². The van der Waals surface area contributed by atoms with Crippen LogP contribution < -0.4 is 0 Å². The Balaban J connectivity index is 3.09. The third-order valence-electron chi connectivity index (χ3n) is 3.44. The molecule has 0 amide bonds. The van der Waals surface area contributed by atoms with Gasteiger partial charge in [0.2, 0.25) is 0 Å². The summed E-state index contributed by atoms with van der Waals surface area (Å²) < 4.78 is 4.03.